The van der Waals surface area contributed by atoms with E-state index in [2.05, 4.69) is 10.6 Å². The number of benzene rings is 3. The zero-order valence-corrected chi connectivity index (χ0v) is 25.2. The maximum Gasteiger partial charge on any atom is 0.294 e. The van der Waals surface area contributed by atoms with Crippen LogP contribution in [0.4, 0.5) is 16.2 Å². The van der Waals surface area contributed by atoms with Crippen molar-refractivity contribution in [1.29, 1.82) is 0 Å². The van der Waals surface area contributed by atoms with Gasteiger partial charge in [0.2, 0.25) is 5.91 Å². The van der Waals surface area contributed by atoms with Crippen molar-refractivity contribution in [3.8, 4) is 17.2 Å². The first kappa shape index (κ1) is 31.2. The molecule has 0 radical (unpaired) electrons. The van der Waals surface area contributed by atoms with Gasteiger partial charge < -0.3 is 24.8 Å². The van der Waals surface area contributed by atoms with Crippen LogP contribution in [0.2, 0.25) is 0 Å². The number of imide groups is 1. The summed E-state index contributed by atoms with van der Waals surface area (Å²) in [7, 11) is 0. The molecule has 0 aromatic heterocycles. The summed E-state index contributed by atoms with van der Waals surface area (Å²) in [5.41, 5.74) is 3.98. The van der Waals surface area contributed by atoms with Crippen LogP contribution in [0.15, 0.2) is 65.6 Å². The molecule has 4 rings (SSSR count). The zero-order chi connectivity index (χ0) is 30.9. The number of aryl methyl sites for hydroxylation is 2. The Morgan fingerprint density at radius 1 is 0.791 bits per heavy atom. The maximum absolute atomic E-state index is 13.0. The van der Waals surface area contributed by atoms with Gasteiger partial charge in [0.25, 0.3) is 17.1 Å². The quantitative estimate of drug-likeness (QED) is 0.249. The molecule has 1 saturated heterocycles. The summed E-state index contributed by atoms with van der Waals surface area (Å²) < 4.78 is 16.8. The van der Waals surface area contributed by atoms with Crippen molar-refractivity contribution < 1.29 is 33.4 Å². The molecule has 1 heterocycles. The Morgan fingerprint density at radius 3 is 2.19 bits per heavy atom. The number of hydrogen-bond acceptors (Lipinski definition) is 8. The van der Waals surface area contributed by atoms with Gasteiger partial charge in [0.05, 0.1) is 18.1 Å². The SMILES string of the molecule is CCOc1ccc(NC(=O)CN2C(=O)S/C(=C/c3ccc(OCC(=O)Nc4ccc(C)c(C)c4)c(OCC)c3)C2=O)cc1. The van der Waals surface area contributed by atoms with Crippen LogP contribution in [0.25, 0.3) is 6.08 Å². The second-order valence-corrected chi connectivity index (χ2v) is 10.5. The number of carbonyl (C=O) groups is 4. The Balaban J connectivity index is 1.38. The first-order valence-corrected chi connectivity index (χ1v) is 14.5. The molecule has 0 atom stereocenters. The first-order valence-electron chi connectivity index (χ1n) is 13.7. The van der Waals surface area contributed by atoms with Gasteiger partial charge in [-0.05, 0) is 111 Å². The van der Waals surface area contributed by atoms with Crippen LogP contribution in [-0.2, 0) is 14.4 Å². The van der Waals surface area contributed by atoms with Crippen LogP contribution in [0.3, 0.4) is 0 Å². The molecule has 0 saturated carbocycles. The molecule has 224 valence electrons. The van der Waals surface area contributed by atoms with Gasteiger partial charge in [0, 0.05) is 11.4 Å². The molecule has 1 fully saturated rings. The molecule has 1 aliphatic heterocycles. The van der Waals surface area contributed by atoms with Crippen molar-refractivity contribution in [2.45, 2.75) is 27.7 Å². The molecule has 0 unspecified atom stereocenters. The largest absolute Gasteiger partial charge is 0.494 e. The van der Waals surface area contributed by atoms with Gasteiger partial charge >= 0.3 is 0 Å². The lowest BCUT2D eigenvalue weighted by Gasteiger charge is -2.13. The van der Waals surface area contributed by atoms with E-state index in [1.54, 1.807) is 48.5 Å². The fraction of sp³-hybridized carbons (Fsp3) is 0.250. The van der Waals surface area contributed by atoms with Crippen LogP contribution in [0, 0.1) is 13.8 Å². The lowest BCUT2D eigenvalue weighted by molar-refractivity contribution is -0.127. The molecule has 0 bridgehead atoms. The van der Waals surface area contributed by atoms with E-state index < -0.39 is 23.6 Å². The van der Waals surface area contributed by atoms with E-state index in [0.29, 0.717) is 47.4 Å². The molecule has 3 aromatic rings. The van der Waals surface area contributed by atoms with Crippen molar-refractivity contribution >= 4 is 52.2 Å². The van der Waals surface area contributed by atoms with Gasteiger partial charge in [-0.3, -0.25) is 24.1 Å². The summed E-state index contributed by atoms with van der Waals surface area (Å²) in [6, 6.07) is 17.4. The van der Waals surface area contributed by atoms with Gasteiger partial charge in [-0.1, -0.05) is 12.1 Å². The number of ether oxygens (including phenoxy) is 3. The van der Waals surface area contributed by atoms with Crippen LogP contribution in [0.5, 0.6) is 17.2 Å². The van der Waals surface area contributed by atoms with E-state index >= 15 is 0 Å². The smallest absolute Gasteiger partial charge is 0.294 e. The highest BCUT2D eigenvalue weighted by atomic mass is 32.2. The minimum Gasteiger partial charge on any atom is -0.494 e. The number of nitrogens with zero attached hydrogens (tertiary/aromatic N) is 1. The van der Waals surface area contributed by atoms with E-state index in [0.717, 1.165) is 27.8 Å². The first-order chi connectivity index (χ1) is 20.7. The van der Waals surface area contributed by atoms with Crippen LogP contribution >= 0.6 is 11.8 Å². The molecule has 0 spiro atoms. The Hall–Kier alpha value is -4.77. The second-order valence-electron chi connectivity index (χ2n) is 9.55. The summed E-state index contributed by atoms with van der Waals surface area (Å²) in [4.78, 5) is 51.7. The minimum absolute atomic E-state index is 0.169. The van der Waals surface area contributed by atoms with Crippen LogP contribution < -0.4 is 24.8 Å². The van der Waals surface area contributed by atoms with Crippen LogP contribution in [0.1, 0.15) is 30.5 Å². The van der Waals surface area contributed by atoms with Crippen molar-refractivity contribution in [3.63, 3.8) is 0 Å². The Kier molecular flexibility index (Phi) is 10.4. The van der Waals surface area contributed by atoms with Gasteiger partial charge in [0.15, 0.2) is 18.1 Å². The Bertz CT molecular complexity index is 1550. The number of anilines is 2. The van der Waals surface area contributed by atoms with Gasteiger partial charge in [-0.2, -0.15) is 0 Å². The Morgan fingerprint density at radius 2 is 1.49 bits per heavy atom. The number of thioether (sulfide) groups is 1. The van der Waals surface area contributed by atoms with Crippen molar-refractivity contribution in [1.82, 2.24) is 4.90 Å². The maximum atomic E-state index is 13.0. The highest BCUT2D eigenvalue weighted by Gasteiger charge is 2.36. The number of rotatable bonds is 12. The van der Waals surface area contributed by atoms with Gasteiger partial charge in [-0.15, -0.1) is 0 Å². The summed E-state index contributed by atoms with van der Waals surface area (Å²) >= 11 is 0.750. The monoisotopic (exact) mass is 603 g/mol. The Labute approximate surface area is 254 Å². The summed E-state index contributed by atoms with van der Waals surface area (Å²) in [6.07, 6.45) is 1.55. The number of carbonyl (C=O) groups excluding carboxylic acids is 4. The third kappa shape index (κ3) is 8.39. The minimum atomic E-state index is -0.571. The van der Waals surface area contributed by atoms with Crippen molar-refractivity contribution in [2.24, 2.45) is 0 Å². The fourth-order valence-electron chi connectivity index (χ4n) is 4.09. The molecule has 10 nitrogen and oxygen atoms in total. The van der Waals surface area contributed by atoms with Crippen molar-refractivity contribution in [2.75, 3.05) is 37.0 Å². The van der Waals surface area contributed by atoms with E-state index in [9.17, 15) is 19.2 Å². The predicted molar refractivity (Wildman–Crippen MR) is 167 cm³/mol. The van der Waals surface area contributed by atoms with Gasteiger partial charge in [-0.25, -0.2) is 0 Å². The van der Waals surface area contributed by atoms with Crippen molar-refractivity contribution in [3.05, 3.63) is 82.3 Å². The summed E-state index contributed by atoms with van der Waals surface area (Å²) in [6.45, 7) is 7.87. The second kappa shape index (κ2) is 14.4. The molecule has 1 aliphatic rings. The highest BCUT2D eigenvalue weighted by Crippen LogP contribution is 2.35. The van der Waals surface area contributed by atoms with E-state index in [1.807, 2.05) is 45.9 Å². The van der Waals surface area contributed by atoms with Gasteiger partial charge in [0.1, 0.15) is 12.3 Å². The molecule has 4 amide bonds. The molecule has 43 heavy (non-hydrogen) atoms. The average Bonchev–Trinajstić information content (AvgIpc) is 3.23. The summed E-state index contributed by atoms with van der Waals surface area (Å²) in [5, 5.41) is 4.95. The molecule has 11 heteroatoms. The molecular formula is C32H33N3O7S. The normalized spacial score (nSPS) is 13.7. The standard InChI is InChI=1S/C32H33N3O7S/c1-5-40-25-12-10-23(11-13-25)33-29(36)18-35-31(38)28(43-32(35)39)17-22-8-14-26(27(16-22)41-6-2)42-19-30(37)34-24-9-7-20(3)21(4)15-24/h7-17H,5-6,18-19H2,1-4H3,(H,33,36)(H,34,37)/b28-17+. The van der Waals surface area contributed by atoms with E-state index in [1.165, 1.54) is 0 Å². The lowest BCUT2D eigenvalue weighted by Crippen LogP contribution is -2.36. The highest BCUT2D eigenvalue weighted by molar-refractivity contribution is 8.18. The third-order valence-electron chi connectivity index (χ3n) is 6.34. The molecule has 0 aliphatic carbocycles. The topological polar surface area (TPSA) is 123 Å². The number of amides is 4. The third-order valence-corrected chi connectivity index (χ3v) is 7.25. The predicted octanol–water partition coefficient (Wildman–Crippen LogP) is 5.79. The zero-order valence-electron chi connectivity index (χ0n) is 24.4. The molecule has 3 aromatic carbocycles. The number of nitrogens with one attached hydrogen (secondary N) is 2. The van der Waals surface area contributed by atoms with E-state index in [-0.39, 0.29) is 17.4 Å². The number of hydrogen-bond donors (Lipinski definition) is 2. The average molecular weight is 604 g/mol. The fourth-order valence-corrected chi connectivity index (χ4v) is 4.93. The van der Waals surface area contributed by atoms with E-state index in [4.69, 9.17) is 14.2 Å². The van der Waals surface area contributed by atoms with Crippen LogP contribution in [-0.4, -0.2) is 54.2 Å². The lowest BCUT2D eigenvalue weighted by atomic mass is 10.1. The summed E-state index contributed by atoms with van der Waals surface area (Å²) in [5.74, 6) is 0.00221. The molecule has 2 N–H and O–H groups in total. The molecular weight excluding hydrogens is 570 g/mol.